The van der Waals surface area contributed by atoms with Gasteiger partial charge in [-0.3, -0.25) is 14.3 Å². The smallest absolute Gasteiger partial charge is 0.394 e. The Morgan fingerprint density at radius 1 is 1.21 bits per heavy atom. The van der Waals surface area contributed by atoms with Gasteiger partial charge in [-0.1, -0.05) is 0 Å². The molecule has 0 bridgehead atoms. The van der Waals surface area contributed by atoms with Crippen molar-refractivity contribution in [2.24, 2.45) is 0 Å². The van der Waals surface area contributed by atoms with Gasteiger partial charge in [-0.25, -0.2) is 29.1 Å². The van der Waals surface area contributed by atoms with Crippen molar-refractivity contribution in [2.75, 3.05) is 6.61 Å². The van der Waals surface area contributed by atoms with Crippen LogP contribution < -0.4 is 11.2 Å². The number of ether oxygens (including phenoxy) is 1. The van der Waals surface area contributed by atoms with Crippen molar-refractivity contribution in [1.29, 1.82) is 0 Å². The number of aromatic nitrogens is 2. The normalized spacial score (nSPS) is 20.9. The monoisotopic (exact) mass is 426 g/mol. The quantitative estimate of drug-likeness (QED) is 0.425. The summed E-state index contributed by atoms with van der Waals surface area (Å²) in [5.74, 6) is 0. The predicted molar refractivity (Wildman–Crippen MR) is 99.8 cm³/mol. The Hall–Kier alpha value is -2.22. The molecule has 0 aliphatic carbocycles. The summed E-state index contributed by atoms with van der Waals surface area (Å²) in [5.41, 5.74) is 0.388. The van der Waals surface area contributed by atoms with E-state index in [2.05, 4.69) is 4.98 Å². The molecule has 0 amide bonds. The van der Waals surface area contributed by atoms with Gasteiger partial charge in [0.05, 0.1) is 12.7 Å². The van der Waals surface area contributed by atoms with E-state index in [-0.39, 0.29) is 30.1 Å². The van der Waals surface area contributed by atoms with Gasteiger partial charge >= 0.3 is 22.8 Å². The largest absolute Gasteiger partial charge is 2.00 e. The number of hydrogen-bond acceptors (Lipinski definition) is 5. The van der Waals surface area contributed by atoms with E-state index in [1.54, 1.807) is 0 Å². The second-order valence-electron chi connectivity index (χ2n) is 6.37. The zero-order chi connectivity index (χ0) is 19.2. The van der Waals surface area contributed by atoms with Crippen LogP contribution in [0, 0.1) is 0 Å². The van der Waals surface area contributed by atoms with E-state index < -0.39 is 29.7 Å². The molecule has 8 heteroatoms. The third kappa shape index (κ3) is 5.41. The number of aliphatic hydroxyl groups is 2. The summed E-state index contributed by atoms with van der Waals surface area (Å²) in [4.78, 5) is 26.2. The van der Waals surface area contributed by atoms with Crippen molar-refractivity contribution in [3.05, 3.63) is 92.8 Å². The molecule has 2 heterocycles. The fraction of sp³-hybridized carbons (Fsp3) is 0.300. The Balaban J connectivity index is 0.000000408. The number of aliphatic hydroxyl groups excluding tert-OH is 2. The van der Waals surface area contributed by atoms with Crippen molar-refractivity contribution < 1.29 is 32.0 Å². The van der Waals surface area contributed by atoms with Gasteiger partial charge in [0.25, 0.3) is 5.56 Å². The Morgan fingerprint density at radius 2 is 1.96 bits per heavy atom. The van der Waals surface area contributed by atoms with Crippen LogP contribution >= 0.6 is 0 Å². The topological polar surface area (TPSA) is 105 Å². The Bertz CT molecular complexity index is 913. The van der Waals surface area contributed by atoms with E-state index >= 15 is 0 Å². The van der Waals surface area contributed by atoms with Crippen LogP contribution in [0.5, 0.6) is 0 Å². The molecule has 1 aliphatic heterocycles. The summed E-state index contributed by atoms with van der Waals surface area (Å²) in [6.45, 7) is -0.323. The van der Waals surface area contributed by atoms with Gasteiger partial charge in [-0.2, -0.15) is 35.9 Å². The first-order valence-corrected chi connectivity index (χ1v) is 8.74. The first-order chi connectivity index (χ1) is 13.1. The molecule has 0 unspecified atom stereocenters. The zero-order valence-corrected chi connectivity index (χ0v) is 16.2. The zero-order valence-electron chi connectivity index (χ0n) is 15.0. The Labute approximate surface area is 172 Å². The summed E-state index contributed by atoms with van der Waals surface area (Å²) < 4.78 is 6.72. The van der Waals surface area contributed by atoms with Gasteiger partial charge in [-0.15, -0.1) is 0 Å². The van der Waals surface area contributed by atoms with E-state index in [9.17, 15) is 14.7 Å². The minimum atomic E-state index is -0.840. The predicted octanol–water partition coefficient (Wildman–Crippen LogP) is 0.890. The fourth-order valence-corrected chi connectivity index (χ4v) is 2.99. The fourth-order valence-electron chi connectivity index (χ4n) is 2.99. The van der Waals surface area contributed by atoms with Crippen LogP contribution in [-0.4, -0.2) is 38.6 Å². The molecular formula is C20H22FeN2O5. The summed E-state index contributed by atoms with van der Waals surface area (Å²) in [6.07, 6.45) is -0.204. The standard InChI is InChI=1S/C15H17N2O5.C5H5.Fe/c18-8-12-11(19)6-13(22-12)17-7-10(14(20)16-15(17)21)5-9-3-1-2-4-9;1-2-4-5-3-1;/h1-4,7,11-13,18-19H,5-6,8H2,(H,16,20,21);1-5H;/q2*-1;+2/t11-,12+,13+;;/m0../s1. The number of rotatable bonds is 4. The average Bonchev–Trinajstić information content (AvgIpc) is 3.40. The minimum absolute atomic E-state index is 0. The molecule has 0 radical (unpaired) electrons. The molecule has 3 atom stereocenters. The van der Waals surface area contributed by atoms with Crippen molar-refractivity contribution in [2.45, 2.75) is 31.3 Å². The van der Waals surface area contributed by atoms with Crippen molar-refractivity contribution >= 4 is 0 Å². The van der Waals surface area contributed by atoms with Gasteiger partial charge in [-0.05, 0) is 6.42 Å². The molecule has 2 aromatic carbocycles. The second kappa shape index (κ2) is 10.4. The number of nitrogens with zero attached hydrogens (tertiary/aromatic N) is 1. The number of nitrogens with one attached hydrogen (secondary N) is 1. The molecule has 1 fully saturated rings. The SMILES string of the molecule is O=c1[nH]c(=O)n([C@H]2C[C@H](O)[C@@H](CO)O2)cc1Cc1ccc[cH-]1.[Fe+2].c1cc[cH-]c1. The van der Waals surface area contributed by atoms with Crippen LogP contribution in [0.1, 0.15) is 23.8 Å². The van der Waals surface area contributed by atoms with Gasteiger partial charge in [0.1, 0.15) is 12.3 Å². The van der Waals surface area contributed by atoms with Crippen molar-refractivity contribution in [1.82, 2.24) is 9.55 Å². The van der Waals surface area contributed by atoms with Crippen molar-refractivity contribution in [3.63, 3.8) is 0 Å². The van der Waals surface area contributed by atoms with E-state index in [0.29, 0.717) is 12.0 Å². The molecule has 1 aliphatic rings. The third-order valence-corrected chi connectivity index (χ3v) is 4.42. The van der Waals surface area contributed by atoms with Crippen LogP contribution in [-0.2, 0) is 28.2 Å². The van der Waals surface area contributed by atoms with Crippen LogP contribution in [0.2, 0.25) is 0 Å². The summed E-state index contributed by atoms with van der Waals surface area (Å²) in [6, 6.07) is 17.5. The molecule has 0 saturated carbocycles. The van der Waals surface area contributed by atoms with E-state index in [1.165, 1.54) is 10.8 Å². The molecule has 3 N–H and O–H groups in total. The molecular weight excluding hydrogens is 404 g/mol. The molecule has 0 spiro atoms. The maximum absolute atomic E-state index is 12.0. The van der Waals surface area contributed by atoms with Gasteiger partial charge in [0.2, 0.25) is 0 Å². The van der Waals surface area contributed by atoms with Crippen LogP contribution in [0.4, 0.5) is 0 Å². The van der Waals surface area contributed by atoms with E-state index in [1.807, 2.05) is 54.6 Å². The van der Waals surface area contributed by atoms with Gasteiger partial charge in [0, 0.05) is 18.2 Å². The summed E-state index contributed by atoms with van der Waals surface area (Å²) >= 11 is 0. The van der Waals surface area contributed by atoms with Crippen LogP contribution in [0.3, 0.4) is 0 Å². The average molecular weight is 426 g/mol. The first-order valence-electron chi connectivity index (χ1n) is 8.74. The molecule has 150 valence electrons. The van der Waals surface area contributed by atoms with Crippen LogP contribution in [0.25, 0.3) is 0 Å². The Morgan fingerprint density at radius 3 is 2.50 bits per heavy atom. The number of hydrogen-bond donors (Lipinski definition) is 3. The first kappa shape index (κ1) is 22.1. The van der Waals surface area contributed by atoms with Gasteiger partial charge < -0.3 is 14.9 Å². The van der Waals surface area contributed by atoms with Gasteiger partial charge in [0.15, 0.2) is 0 Å². The maximum Gasteiger partial charge on any atom is 2.00 e. The molecule has 1 aromatic heterocycles. The van der Waals surface area contributed by atoms with Crippen molar-refractivity contribution in [3.8, 4) is 0 Å². The molecule has 7 nitrogen and oxygen atoms in total. The molecule has 3 aromatic rings. The van der Waals surface area contributed by atoms with E-state index in [4.69, 9.17) is 9.84 Å². The minimum Gasteiger partial charge on any atom is -0.394 e. The number of aromatic amines is 1. The molecule has 4 rings (SSSR count). The summed E-state index contributed by atoms with van der Waals surface area (Å²) in [5, 5.41) is 18.9. The van der Waals surface area contributed by atoms with Crippen LogP contribution in [0.15, 0.2) is 70.4 Å². The summed E-state index contributed by atoms with van der Waals surface area (Å²) in [7, 11) is 0. The third-order valence-electron chi connectivity index (χ3n) is 4.42. The number of H-pyrrole nitrogens is 1. The maximum atomic E-state index is 12.0. The molecule has 1 saturated heterocycles. The molecule has 28 heavy (non-hydrogen) atoms. The second-order valence-corrected chi connectivity index (χ2v) is 6.37. The van der Waals surface area contributed by atoms with E-state index in [0.717, 1.165) is 5.56 Å². The Kier molecular flexibility index (Phi) is 8.17.